The lowest BCUT2D eigenvalue weighted by Gasteiger charge is -2.28. The summed E-state index contributed by atoms with van der Waals surface area (Å²) in [6, 6.07) is 0. The maximum atomic E-state index is 9.76. The van der Waals surface area contributed by atoms with Gasteiger partial charge in [0.05, 0.1) is 5.38 Å². The van der Waals surface area contributed by atoms with Crippen molar-refractivity contribution in [2.45, 2.75) is 43.3 Å². The predicted molar refractivity (Wildman–Crippen MR) is 53.4 cm³/mol. The summed E-state index contributed by atoms with van der Waals surface area (Å²) in [6.45, 7) is 3.57. The van der Waals surface area contributed by atoms with Crippen LogP contribution in [-0.2, 0) is 9.47 Å². The number of hydrogen-bond donors (Lipinski definition) is 1. The van der Waals surface area contributed by atoms with Gasteiger partial charge in [0.25, 0.3) is 0 Å². The zero-order valence-corrected chi connectivity index (χ0v) is 9.42. The molecule has 14 heavy (non-hydrogen) atoms. The van der Waals surface area contributed by atoms with Crippen molar-refractivity contribution in [2.75, 3.05) is 0 Å². The highest BCUT2D eigenvalue weighted by Crippen LogP contribution is 2.39. The summed E-state index contributed by atoms with van der Waals surface area (Å²) in [4.78, 5) is 0. The van der Waals surface area contributed by atoms with E-state index in [-0.39, 0.29) is 0 Å². The molecule has 4 atom stereocenters. The van der Waals surface area contributed by atoms with Gasteiger partial charge >= 0.3 is 0 Å². The van der Waals surface area contributed by atoms with Crippen molar-refractivity contribution in [1.29, 1.82) is 0 Å². The van der Waals surface area contributed by atoms with E-state index in [0.717, 1.165) is 0 Å². The van der Waals surface area contributed by atoms with Crippen molar-refractivity contribution in [1.82, 2.24) is 0 Å². The molecule has 0 spiro atoms. The molecule has 1 aliphatic heterocycles. The average Bonchev–Trinajstić information content (AvgIpc) is 2.38. The van der Waals surface area contributed by atoms with E-state index in [0.29, 0.717) is 5.03 Å². The molecule has 1 N–H and O–H groups in total. The predicted octanol–water partition coefficient (Wildman–Crippen LogP) is 1.61. The van der Waals surface area contributed by atoms with Gasteiger partial charge in [-0.05, 0) is 19.9 Å². The average molecular weight is 239 g/mol. The fourth-order valence-corrected chi connectivity index (χ4v) is 2.43. The molecule has 0 bridgehead atoms. The lowest BCUT2D eigenvalue weighted by Crippen LogP contribution is -2.44. The summed E-state index contributed by atoms with van der Waals surface area (Å²) in [7, 11) is 0. The number of halogens is 2. The van der Waals surface area contributed by atoms with Gasteiger partial charge in [-0.2, -0.15) is 0 Å². The summed E-state index contributed by atoms with van der Waals surface area (Å²) >= 11 is 11.8. The summed E-state index contributed by atoms with van der Waals surface area (Å²) in [6.07, 6.45) is -0.0349. The van der Waals surface area contributed by atoms with E-state index in [1.807, 2.05) is 0 Å². The van der Waals surface area contributed by atoms with Crippen LogP contribution in [0, 0.1) is 0 Å². The van der Waals surface area contributed by atoms with Crippen molar-refractivity contribution in [2.24, 2.45) is 0 Å². The third-order valence-corrected chi connectivity index (χ3v) is 3.11. The fourth-order valence-electron chi connectivity index (χ4n) is 1.78. The van der Waals surface area contributed by atoms with Crippen molar-refractivity contribution < 1.29 is 14.6 Å². The van der Waals surface area contributed by atoms with Crippen LogP contribution in [0.25, 0.3) is 0 Å². The van der Waals surface area contributed by atoms with Crippen molar-refractivity contribution in [3.05, 3.63) is 11.1 Å². The normalized spacial score (nSPS) is 45.9. The largest absolute Gasteiger partial charge is 0.388 e. The van der Waals surface area contributed by atoms with Gasteiger partial charge in [0.2, 0.25) is 0 Å². The molecule has 3 nitrogen and oxygen atoms in total. The Morgan fingerprint density at radius 3 is 2.71 bits per heavy atom. The second-order valence-electron chi connectivity index (χ2n) is 4.01. The van der Waals surface area contributed by atoms with Crippen molar-refractivity contribution >= 4 is 23.2 Å². The Morgan fingerprint density at radius 2 is 2.07 bits per heavy atom. The Morgan fingerprint density at radius 1 is 1.43 bits per heavy atom. The molecule has 0 aromatic heterocycles. The molecule has 0 radical (unpaired) electrons. The highest BCUT2D eigenvalue weighted by molar-refractivity contribution is 6.31. The number of ether oxygens (including phenoxy) is 2. The molecule has 2 aliphatic rings. The quantitative estimate of drug-likeness (QED) is 0.652. The number of rotatable bonds is 0. The van der Waals surface area contributed by atoms with Crippen LogP contribution in [0.5, 0.6) is 0 Å². The molecular formula is C9H12Cl2O3. The molecule has 1 fully saturated rings. The minimum atomic E-state index is -0.772. The summed E-state index contributed by atoms with van der Waals surface area (Å²) in [5, 5.41) is 9.75. The van der Waals surface area contributed by atoms with E-state index in [1.54, 1.807) is 19.9 Å². The lowest BCUT2D eigenvalue weighted by molar-refractivity contribution is -0.152. The van der Waals surface area contributed by atoms with E-state index in [1.165, 1.54) is 0 Å². The Balaban J connectivity index is 2.27. The second kappa shape index (κ2) is 3.35. The van der Waals surface area contributed by atoms with Gasteiger partial charge in [-0.25, -0.2) is 0 Å². The molecule has 2 rings (SSSR count). The molecule has 0 aromatic rings. The number of alkyl halides is 1. The van der Waals surface area contributed by atoms with Gasteiger partial charge < -0.3 is 14.6 Å². The van der Waals surface area contributed by atoms with Crippen molar-refractivity contribution in [3.63, 3.8) is 0 Å². The second-order valence-corrected chi connectivity index (χ2v) is 4.95. The first-order valence-corrected chi connectivity index (χ1v) is 5.27. The van der Waals surface area contributed by atoms with Crippen molar-refractivity contribution in [3.8, 4) is 0 Å². The first-order chi connectivity index (χ1) is 6.41. The van der Waals surface area contributed by atoms with Crippen LogP contribution in [0.3, 0.4) is 0 Å². The highest BCUT2D eigenvalue weighted by Gasteiger charge is 2.50. The van der Waals surface area contributed by atoms with Crippen LogP contribution >= 0.6 is 23.2 Å². The first kappa shape index (κ1) is 10.7. The third-order valence-electron chi connectivity index (χ3n) is 2.38. The van der Waals surface area contributed by atoms with Crippen LogP contribution in [0.15, 0.2) is 11.1 Å². The molecule has 1 aliphatic carbocycles. The van der Waals surface area contributed by atoms with E-state index < -0.39 is 29.5 Å². The number of fused-ring (bicyclic) bond motifs is 1. The molecule has 1 heterocycles. The summed E-state index contributed by atoms with van der Waals surface area (Å²) in [5.74, 6) is -0.717. The van der Waals surface area contributed by atoms with E-state index in [4.69, 9.17) is 32.7 Å². The van der Waals surface area contributed by atoms with Gasteiger partial charge in [-0.1, -0.05) is 11.6 Å². The molecule has 0 saturated carbocycles. The molecule has 5 heteroatoms. The smallest absolute Gasteiger partial charge is 0.164 e. The minimum absolute atomic E-state index is 0.392. The maximum Gasteiger partial charge on any atom is 0.164 e. The van der Waals surface area contributed by atoms with Gasteiger partial charge in [0, 0.05) is 5.03 Å². The van der Waals surface area contributed by atoms with E-state index in [2.05, 4.69) is 0 Å². The minimum Gasteiger partial charge on any atom is -0.388 e. The van der Waals surface area contributed by atoms with Gasteiger partial charge in [0.1, 0.15) is 18.3 Å². The zero-order chi connectivity index (χ0) is 10.5. The van der Waals surface area contributed by atoms with Crippen LogP contribution in [-0.4, -0.2) is 34.6 Å². The Hall–Kier alpha value is 0.200. The van der Waals surface area contributed by atoms with Crippen LogP contribution in [0.4, 0.5) is 0 Å². The summed E-state index contributed by atoms with van der Waals surface area (Å²) in [5.41, 5.74) is 0. The summed E-state index contributed by atoms with van der Waals surface area (Å²) < 4.78 is 11.1. The molecule has 80 valence electrons. The molecular weight excluding hydrogens is 227 g/mol. The molecule has 0 amide bonds. The van der Waals surface area contributed by atoms with Crippen LogP contribution < -0.4 is 0 Å². The van der Waals surface area contributed by atoms with E-state index in [9.17, 15) is 5.11 Å². The number of aliphatic hydroxyl groups excluding tert-OH is 1. The Bertz CT molecular complexity index is 277. The molecule has 0 unspecified atom stereocenters. The zero-order valence-electron chi connectivity index (χ0n) is 7.91. The fraction of sp³-hybridized carbons (Fsp3) is 0.778. The molecule has 1 saturated heterocycles. The SMILES string of the molecule is CC1(C)O[C@H]2[C@H](O)[C@@H](Cl)C=C(Cl)[C@H]2O1. The monoisotopic (exact) mass is 238 g/mol. The number of aliphatic hydroxyl groups is 1. The lowest BCUT2D eigenvalue weighted by atomic mass is 9.98. The maximum absolute atomic E-state index is 9.76. The van der Waals surface area contributed by atoms with Gasteiger partial charge in [0.15, 0.2) is 5.79 Å². The Kier molecular flexibility index (Phi) is 2.57. The van der Waals surface area contributed by atoms with Gasteiger partial charge in [-0.3, -0.25) is 0 Å². The first-order valence-electron chi connectivity index (χ1n) is 4.46. The van der Waals surface area contributed by atoms with Crippen LogP contribution in [0.2, 0.25) is 0 Å². The highest BCUT2D eigenvalue weighted by atomic mass is 35.5. The number of hydrogen-bond acceptors (Lipinski definition) is 3. The third kappa shape index (κ3) is 1.68. The Labute approximate surface area is 92.6 Å². The van der Waals surface area contributed by atoms with Crippen LogP contribution in [0.1, 0.15) is 13.8 Å². The van der Waals surface area contributed by atoms with E-state index >= 15 is 0 Å². The topological polar surface area (TPSA) is 38.7 Å². The standard InChI is InChI=1S/C9H12Cl2O3/c1-9(2)13-7-5(11)3-4(10)6(12)8(7)14-9/h3-4,6-8,12H,1-2H3/t4-,6+,7+,8-/m0/s1. The van der Waals surface area contributed by atoms with Gasteiger partial charge in [-0.15, -0.1) is 11.6 Å². The molecule has 0 aromatic carbocycles.